The molecule has 1 aromatic rings. The molecule has 0 saturated carbocycles. The third-order valence-electron chi connectivity index (χ3n) is 3.33. The highest BCUT2D eigenvalue weighted by atomic mass is 16.5. The Kier molecular flexibility index (Phi) is 7.22. The van der Waals surface area contributed by atoms with Crippen LogP contribution in [0.2, 0.25) is 0 Å². The Hall–Kier alpha value is -2.24. The Balaban J connectivity index is 2.45. The van der Waals surface area contributed by atoms with Crippen molar-refractivity contribution in [3.05, 3.63) is 29.8 Å². The van der Waals surface area contributed by atoms with Crippen LogP contribution in [0.25, 0.3) is 0 Å². The smallest absolute Gasteiger partial charge is 0.317 e. The zero-order valence-electron chi connectivity index (χ0n) is 13.3. The maximum atomic E-state index is 11.9. The number of carbonyl (C=O) groups excluding carboxylic acids is 1. The first-order chi connectivity index (χ1) is 10.4. The zero-order chi connectivity index (χ0) is 16.5. The van der Waals surface area contributed by atoms with Gasteiger partial charge in [0.15, 0.2) is 0 Å². The fraction of sp³-hybridized carbons (Fsp3) is 0.500. The van der Waals surface area contributed by atoms with Crippen LogP contribution in [0.4, 0.5) is 4.79 Å². The second kappa shape index (κ2) is 8.92. The van der Waals surface area contributed by atoms with Crippen molar-refractivity contribution in [3.63, 3.8) is 0 Å². The number of nitrogens with zero attached hydrogens (tertiary/aromatic N) is 1. The van der Waals surface area contributed by atoms with Gasteiger partial charge in [-0.2, -0.15) is 0 Å². The standard InChI is InChI=1S/C16H24N2O4/c1-4-13(22-14-8-6-5-7-12(14)2)11-17-16(21)18(3)10-9-15(19)20/h5-8,13H,4,9-11H2,1-3H3,(H,17,21)(H,19,20). The summed E-state index contributed by atoms with van der Waals surface area (Å²) in [6.45, 7) is 4.52. The number of para-hydroxylation sites is 1. The number of ether oxygens (including phenoxy) is 1. The van der Waals surface area contributed by atoms with Crippen molar-refractivity contribution < 1.29 is 19.4 Å². The van der Waals surface area contributed by atoms with E-state index in [0.29, 0.717) is 6.54 Å². The number of urea groups is 1. The van der Waals surface area contributed by atoms with E-state index < -0.39 is 5.97 Å². The molecule has 0 aliphatic carbocycles. The predicted molar refractivity (Wildman–Crippen MR) is 84.2 cm³/mol. The molecule has 0 spiro atoms. The summed E-state index contributed by atoms with van der Waals surface area (Å²) in [5.74, 6) is -0.114. The predicted octanol–water partition coefficient (Wildman–Crippen LogP) is 2.27. The van der Waals surface area contributed by atoms with Gasteiger partial charge in [0.2, 0.25) is 0 Å². The van der Waals surface area contributed by atoms with Crippen molar-refractivity contribution in [2.75, 3.05) is 20.1 Å². The van der Waals surface area contributed by atoms with Crippen LogP contribution in [-0.2, 0) is 4.79 Å². The second-order valence-electron chi connectivity index (χ2n) is 5.16. The van der Waals surface area contributed by atoms with Crippen molar-refractivity contribution in [2.45, 2.75) is 32.8 Å². The number of carboxylic acid groups (broad SMARTS) is 1. The van der Waals surface area contributed by atoms with Gasteiger partial charge in [-0.3, -0.25) is 4.79 Å². The monoisotopic (exact) mass is 308 g/mol. The van der Waals surface area contributed by atoms with E-state index in [2.05, 4.69) is 5.32 Å². The van der Waals surface area contributed by atoms with Gasteiger partial charge in [-0.15, -0.1) is 0 Å². The molecule has 0 saturated heterocycles. The molecule has 2 amide bonds. The van der Waals surface area contributed by atoms with Crippen molar-refractivity contribution >= 4 is 12.0 Å². The molecular weight excluding hydrogens is 284 g/mol. The molecule has 0 fully saturated rings. The SMILES string of the molecule is CCC(CNC(=O)N(C)CCC(=O)O)Oc1ccccc1C. The number of hydrogen-bond donors (Lipinski definition) is 2. The molecule has 0 radical (unpaired) electrons. The van der Waals surface area contributed by atoms with Gasteiger partial charge < -0.3 is 20.1 Å². The quantitative estimate of drug-likeness (QED) is 0.772. The van der Waals surface area contributed by atoms with E-state index in [9.17, 15) is 9.59 Å². The first-order valence-electron chi connectivity index (χ1n) is 7.37. The van der Waals surface area contributed by atoms with Crippen LogP contribution in [0, 0.1) is 6.92 Å². The summed E-state index contributed by atoms with van der Waals surface area (Å²) in [4.78, 5) is 23.7. The van der Waals surface area contributed by atoms with E-state index >= 15 is 0 Å². The number of carbonyl (C=O) groups is 2. The maximum absolute atomic E-state index is 11.9. The minimum absolute atomic E-state index is 0.0686. The summed E-state index contributed by atoms with van der Waals surface area (Å²) < 4.78 is 5.90. The molecule has 2 N–H and O–H groups in total. The molecule has 0 aromatic heterocycles. The number of amides is 2. The van der Waals surface area contributed by atoms with Crippen LogP contribution in [0.15, 0.2) is 24.3 Å². The summed E-state index contributed by atoms with van der Waals surface area (Å²) >= 11 is 0. The van der Waals surface area contributed by atoms with E-state index in [1.807, 2.05) is 38.1 Å². The minimum Gasteiger partial charge on any atom is -0.488 e. The summed E-state index contributed by atoms with van der Waals surface area (Å²) in [6, 6.07) is 7.43. The number of hydrogen-bond acceptors (Lipinski definition) is 3. The zero-order valence-corrected chi connectivity index (χ0v) is 13.3. The van der Waals surface area contributed by atoms with Gasteiger partial charge in [0, 0.05) is 13.6 Å². The molecule has 0 bridgehead atoms. The molecule has 0 heterocycles. The van der Waals surface area contributed by atoms with Gasteiger partial charge in [-0.1, -0.05) is 25.1 Å². The second-order valence-corrected chi connectivity index (χ2v) is 5.16. The van der Waals surface area contributed by atoms with Gasteiger partial charge in [0.25, 0.3) is 0 Å². The molecule has 6 heteroatoms. The molecular formula is C16H24N2O4. The summed E-state index contributed by atoms with van der Waals surface area (Å²) in [7, 11) is 1.57. The lowest BCUT2D eigenvalue weighted by molar-refractivity contribution is -0.137. The van der Waals surface area contributed by atoms with Crippen LogP contribution < -0.4 is 10.1 Å². The highest BCUT2D eigenvalue weighted by molar-refractivity contribution is 5.75. The number of carboxylic acids is 1. The van der Waals surface area contributed by atoms with Gasteiger partial charge in [-0.05, 0) is 25.0 Å². The lowest BCUT2D eigenvalue weighted by atomic mass is 10.2. The highest BCUT2D eigenvalue weighted by Gasteiger charge is 2.14. The molecule has 22 heavy (non-hydrogen) atoms. The average Bonchev–Trinajstić information content (AvgIpc) is 2.50. The van der Waals surface area contributed by atoms with Gasteiger partial charge in [-0.25, -0.2) is 4.79 Å². The lowest BCUT2D eigenvalue weighted by Crippen LogP contribution is -2.42. The molecule has 1 aromatic carbocycles. The summed E-state index contributed by atoms with van der Waals surface area (Å²) in [5, 5.41) is 11.4. The Morgan fingerprint density at radius 2 is 2.05 bits per heavy atom. The van der Waals surface area contributed by atoms with Crippen LogP contribution in [-0.4, -0.2) is 48.2 Å². The van der Waals surface area contributed by atoms with Crippen LogP contribution in [0.1, 0.15) is 25.3 Å². The van der Waals surface area contributed by atoms with Gasteiger partial charge >= 0.3 is 12.0 Å². The molecule has 1 unspecified atom stereocenters. The van der Waals surface area contributed by atoms with E-state index in [4.69, 9.17) is 9.84 Å². The highest BCUT2D eigenvalue weighted by Crippen LogP contribution is 2.18. The number of aliphatic carboxylic acids is 1. The van der Waals surface area contributed by atoms with E-state index in [0.717, 1.165) is 17.7 Å². The van der Waals surface area contributed by atoms with Crippen LogP contribution in [0.3, 0.4) is 0 Å². The number of rotatable bonds is 8. The third-order valence-corrected chi connectivity index (χ3v) is 3.33. The number of benzene rings is 1. The van der Waals surface area contributed by atoms with Crippen molar-refractivity contribution in [2.24, 2.45) is 0 Å². The molecule has 0 aliphatic heterocycles. The van der Waals surface area contributed by atoms with Gasteiger partial charge in [0.05, 0.1) is 13.0 Å². The Morgan fingerprint density at radius 1 is 1.36 bits per heavy atom. The van der Waals surface area contributed by atoms with Crippen molar-refractivity contribution in [1.82, 2.24) is 10.2 Å². The third kappa shape index (κ3) is 6.03. The van der Waals surface area contributed by atoms with E-state index in [-0.39, 0.29) is 25.1 Å². The first kappa shape index (κ1) is 17.8. The van der Waals surface area contributed by atoms with Crippen molar-refractivity contribution in [1.29, 1.82) is 0 Å². The topological polar surface area (TPSA) is 78.9 Å². The fourth-order valence-corrected chi connectivity index (χ4v) is 1.84. The maximum Gasteiger partial charge on any atom is 0.317 e. The summed E-state index contributed by atoms with van der Waals surface area (Å²) in [6.07, 6.45) is 0.562. The molecule has 122 valence electrons. The van der Waals surface area contributed by atoms with Crippen molar-refractivity contribution in [3.8, 4) is 5.75 Å². The largest absolute Gasteiger partial charge is 0.488 e. The van der Waals surface area contributed by atoms with Crippen LogP contribution in [0.5, 0.6) is 5.75 Å². The molecule has 0 aliphatic rings. The first-order valence-corrected chi connectivity index (χ1v) is 7.37. The number of aryl methyl sites for hydroxylation is 1. The molecule has 6 nitrogen and oxygen atoms in total. The Morgan fingerprint density at radius 3 is 2.64 bits per heavy atom. The van der Waals surface area contributed by atoms with E-state index in [1.54, 1.807) is 7.05 Å². The molecule has 1 atom stereocenters. The fourth-order valence-electron chi connectivity index (χ4n) is 1.84. The van der Waals surface area contributed by atoms with E-state index in [1.165, 1.54) is 4.90 Å². The Bertz CT molecular complexity index is 505. The average molecular weight is 308 g/mol. The summed E-state index contributed by atoms with van der Waals surface area (Å²) in [5.41, 5.74) is 1.05. The Labute approximate surface area is 131 Å². The normalized spacial score (nSPS) is 11.6. The molecule has 1 rings (SSSR count). The van der Waals surface area contributed by atoms with Gasteiger partial charge in [0.1, 0.15) is 11.9 Å². The lowest BCUT2D eigenvalue weighted by Gasteiger charge is -2.22. The van der Waals surface area contributed by atoms with Crippen LogP contribution >= 0.6 is 0 Å². The minimum atomic E-state index is -0.922. The number of nitrogens with one attached hydrogen (secondary N) is 1.